The van der Waals surface area contributed by atoms with Crippen LogP contribution >= 0.6 is 0 Å². The van der Waals surface area contributed by atoms with E-state index >= 15 is 0 Å². The van der Waals surface area contributed by atoms with Gasteiger partial charge < -0.3 is 10.4 Å². The fourth-order valence-electron chi connectivity index (χ4n) is 1.48. The summed E-state index contributed by atoms with van der Waals surface area (Å²) in [6.07, 6.45) is 4.88. The molecule has 2 rings (SSSR count). The van der Waals surface area contributed by atoms with Gasteiger partial charge in [0.1, 0.15) is 0 Å². The van der Waals surface area contributed by atoms with Gasteiger partial charge >= 0.3 is 5.97 Å². The van der Waals surface area contributed by atoms with Crippen molar-refractivity contribution in [1.82, 2.24) is 19.7 Å². The number of hydrogen-bond donors (Lipinski definition) is 2. The van der Waals surface area contributed by atoms with E-state index in [0.717, 1.165) is 0 Å². The lowest BCUT2D eigenvalue weighted by atomic mass is 10.2. The highest BCUT2D eigenvalue weighted by molar-refractivity contribution is 5.88. The van der Waals surface area contributed by atoms with Gasteiger partial charge in [0.2, 0.25) is 5.95 Å². The zero-order valence-corrected chi connectivity index (χ0v) is 9.87. The Kier molecular flexibility index (Phi) is 3.52. The van der Waals surface area contributed by atoms with Crippen LogP contribution < -0.4 is 5.32 Å². The molecule has 0 saturated carbocycles. The van der Waals surface area contributed by atoms with Crippen molar-refractivity contribution in [2.45, 2.75) is 13.5 Å². The average Bonchev–Trinajstić information content (AvgIpc) is 2.81. The van der Waals surface area contributed by atoms with E-state index in [1.165, 1.54) is 6.20 Å². The number of aromatic nitrogens is 4. The van der Waals surface area contributed by atoms with E-state index in [9.17, 15) is 4.79 Å². The summed E-state index contributed by atoms with van der Waals surface area (Å²) < 4.78 is 1.78. The second-order valence-corrected chi connectivity index (χ2v) is 3.69. The van der Waals surface area contributed by atoms with Crippen molar-refractivity contribution in [3.8, 4) is 0 Å². The molecule has 0 fully saturated rings. The van der Waals surface area contributed by atoms with Crippen molar-refractivity contribution in [1.29, 1.82) is 0 Å². The van der Waals surface area contributed by atoms with Crippen LogP contribution in [0.3, 0.4) is 0 Å². The molecule has 0 unspecified atom stereocenters. The number of carboxylic acid groups (broad SMARTS) is 1. The summed E-state index contributed by atoms with van der Waals surface area (Å²) >= 11 is 0. The molecule has 0 aliphatic rings. The molecule has 0 bridgehead atoms. The monoisotopic (exact) mass is 247 g/mol. The molecule has 0 aliphatic carbocycles. The van der Waals surface area contributed by atoms with Crippen LogP contribution in [-0.2, 0) is 6.54 Å². The number of aromatic carboxylic acids is 1. The number of nitrogens with one attached hydrogen (secondary N) is 1. The van der Waals surface area contributed by atoms with Gasteiger partial charge in [-0.05, 0) is 13.0 Å². The number of hydrogen-bond acceptors (Lipinski definition) is 5. The number of anilines is 1. The predicted molar refractivity (Wildman–Crippen MR) is 64.4 cm³/mol. The van der Waals surface area contributed by atoms with Crippen molar-refractivity contribution >= 4 is 11.9 Å². The van der Waals surface area contributed by atoms with Crippen molar-refractivity contribution in [3.05, 3.63) is 35.9 Å². The smallest absolute Gasteiger partial charge is 0.339 e. The number of rotatable bonds is 5. The van der Waals surface area contributed by atoms with E-state index in [4.69, 9.17) is 5.11 Å². The molecule has 7 heteroatoms. The Morgan fingerprint density at radius 2 is 2.39 bits per heavy atom. The first kappa shape index (κ1) is 12.0. The molecular weight excluding hydrogens is 234 g/mol. The highest BCUT2D eigenvalue weighted by Crippen LogP contribution is 2.06. The van der Waals surface area contributed by atoms with Gasteiger partial charge in [-0.1, -0.05) is 0 Å². The minimum Gasteiger partial charge on any atom is -0.478 e. The minimum absolute atomic E-state index is 0.118. The molecule has 2 heterocycles. The minimum atomic E-state index is -1.02. The fraction of sp³-hybridized carbons (Fsp3) is 0.273. The van der Waals surface area contributed by atoms with Crippen LogP contribution in [0.2, 0.25) is 0 Å². The zero-order valence-electron chi connectivity index (χ0n) is 9.87. The molecule has 0 saturated heterocycles. The predicted octanol–water partition coefficient (Wildman–Crippen LogP) is 0.792. The molecule has 0 radical (unpaired) electrons. The SMILES string of the molecule is Cc1nc(NCCn2cccn2)ncc1C(=O)O. The third kappa shape index (κ3) is 2.82. The molecule has 0 spiro atoms. The Labute approximate surface area is 104 Å². The maximum absolute atomic E-state index is 10.8. The molecule has 2 aromatic heterocycles. The number of aryl methyl sites for hydroxylation is 1. The van der Waals surface area contributed by atoms with Crippen LogP contribution in [-0.4, -0.2) is 37.4 Å². The Bertz CT molecular complexity index is 538. The number of nitrogens with zero attached hydrogens (tertiary/aromatic N) is 4. The number of carbonyl (C=O) groups is 1. The van der Waals surface area contributed by atoms with Gasteiger partial charge in [-0.15, -0.1) is 0 Å². The number of carboxylic acids is 1. The van der Waals surface area contributed by atoms with Gasteiger partial charge in [-0.2, -0.15) is 5.10 Å². The lowest BCUT2D eigenvalue weighted by Gasteiger charge is -2.06. The third-order valence-corrected chi connectivity index (χ3v) is 2.39. The normalized spacial score (nSPS) is 10.3. The highest BCUT2D eigenvalue weighted by atomic mass is 16.4. The van der Waals surface area contributed by atoms with Crippen molar-refractivity contribution in [3.63, 3.8) is 0 Å². The van der Waals surface area contributed by atoms with E-state index in [1.54, 1.807) is 17.8 Å². The lowest BCUT2D eigenvalue weighted by Crippen LogP contribution is -2.14. The molecule has 0 atom stereocenters. The Morgan fingerprint density at radius 1 is 1.56 bits per heavy atom. The molecular formula is C11H13N5O2. The van der Waals surface area contributed by atoms with Crippen LogP contribution in [0.15, 0.2) is 24.7 Å². The summed E-state index contributed by atoms with van der Waals surface area (Å²) in [5.74, 6) is -0.597. The van der Waals surface area contributed by atoms with Gasteiger partial charge in [-0.3, -0.25) is 4.68 Å². The maximum atomic E-state index is 10.8. The van der Waals surface area contributed by atoms with Gasteiger partial charge in [0.05, 0.1) is 17.8 Å². The second-order valence-electron chi connectivity index (χ2n) is 3.69. The summed E-state index contributed by atoms with van der Waals surface area (Å²) in [4.78, 5) is 18.8. The second kappa shape index (κ2) is 5.26. The van der Waals surface area contributed by atoms with Crippen molar-refractivity contribution in [2.75, 3.05) is 11.9 Å². The van der Waals surface area contributed by atoms with E-state index in [0.29, 0.717) is 24.7 Å². The first-order valence-corrected chi connectivity index (χ1v) is 5.45. The van der Waals surface area contributed by atoms with Crippen LogP contribution in [0.25, 0.3) is 0 Å². The summed E-state index contributed by atoms with van der Waals surface area (Å²) in [5, 5.41) is 15.9. The topological polar surface area (TPSA) is 92.9 Å². The van der Waals surface area contributed by atoms with Crippen LogP contribution in [0, 0.1) is 6.92 Å². The highest BCUT2D eigenvalue weighted by Gasteiger charge is 2.09. The Morgan fingerprint density at radius 3 is 3.00 bits per heavy atom. The van der Waals surface area contributed by atoms with Gasteiger partial charge in [0.25, 0.3) is 0 Å². The Hall–Kier alpha value is -2.44. The molecule has 0 amide bonds. The quantitative estimate of drug-likeness (QED) is 0.811. The van der Waals surface area contributed by atoms with Gasteiger partial charge in [0, 0.05) is 25.1 Å². The van der Waals surface area contributed by atoms with E-state index in [2.05, 4.69) is 20.4 Å². The molecule has 7 nitrogen and oxygen atoms in total. The molecule has 18 heavy (non-hydrogen) atoms. The molecule has 94 valence electrons. The summed E-state index contributed by atoms with van der Waals surface area (Å²) in [5.41, 5.74) is 0.562. The van der Waals surface area contributed by atoms with E-state index in [-0.39, 0.29) is 5.56 Å². The first-order chi connectivity index (χ1) is 8.66. The summed E-state index contributed by atoms with van der Waals surface area (Å²) in [6, 6.07) is 1.85. The van der Waals surface area contributed by atoms with Gasteiger partial charge in [0.15, 0.2) is 0 Å². The van der Waals surface area contributed by atoms with E-state index < -0.39 is 5.97 Å². The standard InChI is InChI=1S/C11H13N5O2/c1-8-9(10(17)18)7-13-11(15-8)12-4-6-16-5-2-3-14-16/h2-3,5,7H,4,6H2,1H3,(H,17,18)(H,12,13,15). The van der Waals surface area contributed by atoms with Crippen molar-refractivity contribution < 1.29 is 9.90 Å². The summed E-state index contributed by atoms with van der Waals surface area (Å²) in [6.45, 7) is 2.95. The Balaban J connectivity index is 1.94. The zero-order chi connectivity index (χ0) is 13.0. The van der Waals surface area contributed by atoms with Crippen molar-refractivity contribution in [2.24, 2.45) is 0 Å². The first-order valence-electron chi connectivity index (χ1n) is 5.45. The van der Waals surface area contributed by atoms with Gasteiger partial charge in [-0.25, -0.2) is 14.8 Å². The molecule has 2 aromatic rings. The maximum Gasteiger partial charge on any atom is 0.339 e. The van der Waals surface area contributed by atoms with Crippen LogP contribution in [0.1, 0.15) is 16.1 Å². The summed E-state index contributed by atoms with van der Waals surface area (Å²) in [7, 11) is 0. The molecule has 0 aliphatic heterocycles. The van der Waals surface area contributed by atoms with E-state index in [1.807, 2.05) is 12.3 Å². The lowest BCUT2D eigenvalue weighted by molar-refractivity contribution is 0.0695. The molecule has 2 N–H and O–H groups in total. The third-order valence-electron chi connectivity index (χ3n) is 2.39. The van der Waals surface area contributed by atoms with Crippen LogP contribution in [0.5, 0.6) is 0 Å². The molecule has 0 aromatic carbocycles. The largest absolute Gasteiger partial charge is 0.478 e. The fourth-order valence-corrected chi connectivity index (χ4v) is 1.48. The average molecular weight is 247 g/mol. The van der Waals surface area contributed by atoms with Crippen LogP contribution in [0.4, 0.5) is 5.95 Å².